The van der Waals surface area contributed by atoms with Crippen molar-refractivity contribution in [2.75, 3.05) is 6.54 Å². The third-order valence-corrected chi connectivity index (χ3v) is 2.36. The number of nitrogens with one attached hydrogen (secondary N) is 2. The van der Waals surface area contributed by atoms with Crippen molar-refractivity contribution >= 4 is 12.0 Å². The molecule has 0 spiro atoms. The highest BCUT2D eigenvalue weighted by Gasteiger charge is 2.17. The van der Waals surface area contributed by atoms with E-state index in [4.69, 9.17) is 4.74 Å². The molecule has 0 unspecified atom stereocenters. The van der Waals surface area contributed by atoms with Gasteiger partial charge in [0.1, 0.15) is 5.60 Å². The summed E-state index contributed by atoms with van der Waals surface area (Å²) < 4.78 is 5.11. The van der Waals surface area contributed by atoms with Crippen LogP contribution in [-0.2, 0) is 4.74 Å². The van der Waals surface area contributed by atoms with Crippen LogP contribution in [0.2, 0.25) is 0 Å². The summed E-state index contributed by atoms with van der Waals surface area (Å²) in [4.78, 5) is 23.3. The van der Waals surface area contributed by atoms with Crippen LogP contribution in [0.3, 0.4) is 0 Å². The van der Waals surface area contributed by atoms with E-state index in [0.29, 0.717) is 12.1 Å². The molecule has 110 valence electrons. The highest BCUT2D eigenvalue weighted by atomic mass is 16.6. The maximum Gasteiger partial charge on any atom is 0.407 e. The van der Waals surface area contributed by atoms with Gasteiger partial charge in [-0.25, -0.2) is 4.79 Å². The Bertz CT molecular complexity index is 452. The number of carbonyl (C=O) groups is 2. The number of hydrogen-bond donors (Lipinski definition) is 2. The molecule has 0 aromatic heterocycles. The van der Waals surface area contributed by atoms with Gasteiger partial charge in [-0.05, 0) is 39.8 Å². The molecule has 5 nitrogen and oxygen atoms in total. The Labute approximate surface area is 119 Å². The van der Waals surface area contributed by atoms with Crippen LogP contribution in [0.15, 0.2) is 30.3 Å². The lowest BCUT2D eigenvalue weighted by Gasteiger charge is -2.21. The van der Waals surface area contributed by atoms with E-state index in [1.165, 1.54) is 0 Å². The van der Waals surface area contributed by atoms with Crippen molar-refractivity contribution in [3.05, 3.63) is 35.9 Å². The Morgan fingerprint density at radius 2 is 1.80 bits per heavy atom. The minimum atomic E-state index is -0.527. The van der Waals surface area contributed by atoms with Gasteiger partial charge in [0.25, 0.3) is 5.91 Å². The summed E-state index contributed by atoms with van der Waals surface area (Å²) in [6.45, 7) is 7.53. The molecule has 0 aliphatic carbocycles. The van der Waals surface area contributed by atoms with Crippen LogP contribution in [0.4, 0.5) is 4.79 Å². The van der Waals surface area contributed by atoms with E-state index >= 15 is 0 Å². The molecule has 5 heteroatoms. The van der Waals surface area contributed by atoms with Crippen LogP contribution < -0.4 is 10.6 Å². The van der Waals surface area contributed by atoms with Crippen LogP contribution in [0.5, 0.6) is 0 Å². The molecule has 0 fully saturated rings. The Balaban J connectivity index is 2.35. The molecular formula is C15H22N2O3. The van der Waals surface area contributed by atoms with Gasteiger partial charge in [-0.3, -0.25) is 4.79 Å². The monoisotopic (exact) mass is 278 g/mol. The molecule has 2 amide bonds. The fourth-order valence-corrected chi connectivity index (χ4v) is 1.50. The topological polar surface area (TPSA) is 67.4 Å². The molecule has 0 saturated heterocycles. The fraction of sp³-hybridized carbons (Fsp3) is 0.467. The highest BCUT2D eigenvalue weighted by molar-refractivity contribution is 5.94. The van der Waals surface area contributed by atoms with Crippen LogP contribution in [0.1, 0.15) is 38.1 Å². The van der Waals surface area contributed by atoms with Crippen LogP contribution in [-0.4, -0.2) is 30.2 Å². The Morgan fingerprint density at radius 3 is 2.35 bits per heavy atom. The van der Waals surface area contributed by atoms with E-state index in [1.807, 2.05) is 13.0 Å². The molecule has 0 radical (unpaired) electrons. The van der Waals surface area contributed by atoms with Crippen LogP contribution >= 0.6 is 0 Å². The van der Waals surface area contributed by atoms with E-state index in [9.17, 15) is 9.59 Å². The number of ether oxygens (including phenoxy) is 1. The van der Waals surface area contributed by atoms with E-state index < -0.39 is 11.7 Å². The molecule has 0 saturated carbocycles. The van der Waals surface area contributed by atoms with Crippen molar-refractivity contribution in [1.82, 2.24) is 10.6 Å². The number of alkyl carbamates (subject to hydrolysis) is 1. The van der Waals surface area contributed by atoms with Gasteiger partial charge in [-0.1, -0.05) is 18.2 Å². The molecule has 1 atom stereocenters. The molecular weight excluding hydrogens is 256 g/mol. The third-order valence-electron chi connectivity index (χ3n) is 2.36. The maximum absolute atomic E-state index is 11.9. The minimum absolute atomic E-state index is 0.163. The predicted molar refractivity (Wildman–Crippen MR) is 77.6 cm³/mol. The zero-order chi connectivity index (χ0) is 15.2. The number of rotatable bonds is 4. The van der Waals surface area contributed by atoms with E-state index in [0.717, 1.165) is 0 Å². The van der Waals surface area contributed by atoms with Crippen LogP contribution in [0.25, 0.3) is 0 Å². The first-order chi connectivity index (χ1) is 9.28. The average Bonchev–Trinajstić information content (AvgIpc) is 2.35. The summed E-state index contributed by atoms with van der Waals surface area (Å²) in [6, 6.07) is 8.75. The Morgan fingerprint density at radius 1 is 1.20 bits per heavy atom. The first kappa shape index (κ1) is 16.0. The number of hydrogen-bond acceptors (Lipinski definition) is 3. The summed E-state index contributed by atoms with van der Waals surface area (Å²) in [5.41, 5.74) is 0.0669. The van der Waals surface area contributed by atoms with Gasteiger partial charge < -0.3 is 15.4 Å². The van der Waals surface area contributed by atoms with Crippen molar-refractivity contribution in [3.8, 4) is 0 Å². The molecule has 0 bridgehead atoms. The molecule has 1 rings (SSSR count). The third kappa shape index (κ3) is 6.22. The molecule has 2 N–H and O–H groups in total. The Hall–Kier alpha value is -2.04. The Kier molecular flexibility index (Phi) is 5.55. The lowest BCUT2D eigenvalue weighted by Crippen LogP contribution is -2.43. The SMILES string of the molecule is C[C@H](CNC(=O)OC(C)(C)C)NC(=O)c1ccccc1. The summed E-state index contributed by atoms with van der Waals surface area (Å²) in [6.07, 6.45) is -0.488. The van der Waals surface area contributed by atoms with E-state index in [1.54, 1.807) is 45.0 Å². The van der Waals surface area contributed by atoms with Gasteiger partial charge >= 0.3 is 6.09 Å². The van der Waals surface area contributed by atoms with Gasteiger partial charge in [0.05, 0.1) is 0 Å². The number of carbonyl (C=O) groups excluding carboxylic acids is 2. The lowest BCUT2D eigenvalue weighted by molar-refractivity contribution is 0.0521. The number of benzene rings is 1. The molecule has 0 aliphatic rings. The van der Waals surface area contributed by atoms with Crippen LogP contribution in [0, 0.1) is 0 Å². The molecule has 1 aromatic rings. The molecule has 20 heavy (non-hydrogen) atoms. The predicted octanol–water partition coefficient (Wildman–Crippen LogP) is 2.33. The first-order valence-electron chi connectivity index (χ1n) is 6.61. The maximum atomic E-state index is 11.9. The molecule has 0 heterocycles. The lowest BCUT2D eigenvalue weighted by atomic mass is 10.2. The highest BCUT2D eigenvalue weighted by Crippen LogP contribution is 2.06. The summed E-state index contributed by atoms with van der Waals surface area (Å²) in [5.74, 6) is -0.163. The van der Waals surface area contributed by atoms with Crippen molar-refractivity contribution < 1.29 is 14.3 Å². The molecule has 1 aromatic carbocycles. The summed E-state index contributed by atoms with van der Waals surface area (Å²) >= 11 is 0. The van der Waals surface area contributed by atoms with Crippen molar-refractivity contribution in [1.29, 1.82) is 0 Å². The van der Waals surface area contributed by atoms with Crippen molar-refractivity contribution in [2.45, 2.75) is 39.3 Å². The second-order valence-corrected chi connectivity index (χ2v) is 5.62. The van der Waals surface area contributed by atoms with Gasteiger partial charge in [-0.2, -0.15) is 0 Å². The summed E-state index contributed by atoms with van der Waals surface area (Å²) in [7, 11) is 0. The van der Waals surface area contributed by atoms with Gasteiger partial charge in [0, 0.05) is 18.2 Å². The van der Waals surface area contributed by atoms with Gasteiger partial charge in [-0.15, -0.1) is 0 Å². The van der Waals surface area contributed by atoms with E-state index in [2.05, 4.69) is 10.6 Å². The zero-order valence-electron chi connectivity index (χ0n) is 12.4. The zero-order valence-corrected chi connectivity index (χ0v) is 12.4. The smallest absolute Gasteiger partial charge is 0.407 e. The van der Waals surface area contributed by atoms with E-state index in [-0.39, 0.29) is 11.9 Å². The standard InChI is InChI=1S/C15H22N2O3/c1-11(10-16-14(19)20-15(2,3)4)17-13(18)12-8-6-5-7-9-12/h5-9,11H,10H2,1-4H3,(H,16,19)(H,17,18)/t11-/m1/s1. The second kappa shape index (κ2) is 6.93. The molecule has 0 aliphatic heterocycles. The largest absolute Gasteiger partial charge is 0.444 e. The van der Waals surface area contributed by atoms with Gasteiger partial charge in [0.15, 0.2) is 0 Å². The quantitative estimate of drug-likeness (QED) is 0.888. The minimum Gasteiger partial charge on any atom is -0.444 e. The first-order valence-corrected chi connectivity index (χ1v) is 6.61. The van der Waals surface area contributed by atoms with Crippen molar-refractivity contribution in [3.63, 3.8) is 0 Å². The average molecular weight is 278 g/mol. The second-order valence-electron chi connectivity index (χ2n) is 5.62. The van der Waals surface area contributed by atoms with Crippen molar-refractivity contribution in [2.24, 2.45) is 0 Å². The fourth-order valence-electron chi connectivity index (χ4n) is 1.50. The van der Waals surface area contributed by atoms with Gasteiger partial charge in [0.2, 0.25) is 0 Å². The number of amides is 2. The summed E-state index contributed by atoms with van der Waals surface area (Å²) in [5, 5.41) is 5.43. The normalized spacial score (nSPS) is 12.4.